The first-order valence-corrected chi connectivity index (χ1v) is 13.5. The molecule has 5 aromatic rings. The van der Waals surface area contributed by atoms with E-state index in [1.54, 1.807) is 24.3 Å². The second kappa shape index (κ2) is 9.86. The number of aromatic carboxylic acids is 1. The Labute approximate surface area is 222 Å². The van der Waals surface area contributed by atoms with Crippen LogP contribution in [0.15, 0.2) is 54.2 Å². The first-order chi connectivity index (χ1) is 18.5. The number of anilines is 1. The van der Waals surface area contributed by atoms with Gasteiger partial charge in [-0.2, -0.15) is 0 Å². The molecule has 0 bridgehead atoms. The minimum absolute atomic E-state index is 0.218. The SMILES string of the molecule is Cc1csc2ncnc(NNC(=O)c3ccc(-c4nc5cc(C(=O)O)ccc5n4C4CCCCC4)cc3)c12. The molecule has 0 radical (unpaired) electrons. The van der Waals surface area contributed by atoms with E-state index in [1.807, 2.05) is 30.5 Å². The number of rotatable bonds is 6. The van der Waals surface area contributed by atoms with E-state index in [4.69, 9.17) is 4.98 Å². The van der Waals surface area contributed by atoms with Gasteiger partial charge in [-0.25, -0.2) is 19.7 Å². The van der Waals surface area contributed by atoms with Crippen LogP contribution in [0.3, 0.4) is 0 Å². The molecule has 9 nitrogen and oxygen atoms in total. The van der Waals surface area contributed by atoms with E-state index in [1.165, 1.54) is 24.1 Å². The van der Waals surface area contributed by atoms with Gasteiger partial charge < -0.3 is 9.67 Å². The summed E-state index contributed by atoms with van der Waals surface area (Å²) in [6.07, 6.45) is 7.14. The second-order valence-corrected chi connectivity index (χ2v) is 10.4. The third kappa shape index (κ3) is 4.37. The van der Waals surface area contributed by atoms with Crippen molar-refractivity contribution in [1.29, 1.82) is 0 Å². The van der Waals surface area contributed by atoms with Crippen LogP contribution in [-0.4, -0.2) is 36.5 Å². The Kier molecular flexibility index (Phi) is 6.24. The highest BCUT2D eigenvalue weighted by atomic mass is 32.1. The van der Waals surface area contributed by atoms with Gasteiger partial charge in [-0.1, -0.05) is 31.4 Å². The maximum Gasteiger partial charge on any atom is 0.335 e. The van der Waals surface area contributed by atoms with Crippen molar-refractivity contribution in [3.63, 3.8) is 0 Å². The first kappa shape index (κ1) is 24.1. The molecule has 6 rings (SSSR count). The van der Waals surface area contributed by atoms with Gasteiger partial charge in [0.25, 0.3) is 5.91 Å². The number of carboxylic acids is 1. The molecule has 1 aliphatic rings. The van der Waals surface area contributed by atoms with Gasteiger partial charge in [0, 0.05) is 17.2 Å². The van der Waals surface area contributed by atoms with Crippen LogP contribution >= 0.6 is 11.3 Å². The fourth-order valence-electron chi connectivity index (χ4n) is 5.22. The van der Waals surface area contributed by atoms with Crippen LogP contribution in [0.1, 0.15) is 64.4 Å². The van der Waals surface area contributed by atoms with Crippen molar-refractivity contribution >= 4 is 50.3 Å². The van der Waals surface area contributed by atoms with Gasteiger partial charge in [0.15, 0.2) is 5.82 Å². The maximum absolute atomic E-state index is 12.9. The van der Waals surface area contributed by atoms with Crippen LogP contribution in [-0.2, 0) is 0 Å². The highest BCUT2D eigenvalue weighted by Gasteiger charge is 2.23. The molecule has 1 fully saturated rings. The highest BCUT2D eigenvalue weighted by Crippen LogP contribution is 2.36. The molecule has 1 amide bonds. The Morgan fingerprint density at radius 2 is 1.79 bits per heavy atom. The number of aryl methyl sites for hydroxylation is 1. The lowest BCUT2D eigenvalue weighted by molar-refractivity contribution is 0.0696. The van der Waals surface area contributed by atoms with E-state index < -0.39 is 5.97 Å². The Hall–Kier alpha value is -4.31. The molecular formula is C28H26N6O3S. The number of hydrogen-bond donors (Lipinski definition) is 3. The summed E-state index contributed by atoms with van der Waals surface area (Å²) in [6, 6.07) is 12.7. The summed E-state index contributed by atoms with van der Waals surface area (Å²) in [4.78, 5) is 38.7. The molecule has 0 saturated heterocycles. The van der Waals surface area contributed by atoms with Crippen LogP contribution in [0.2, 0.25) is 0 Å². The number of carbonyl (C=O) groups excluding carboxylic acids is 1. The van der Waals surface area contributed by atoms with Gasteiger partial charge in [-0.3, -0.25) is 15.6 Å². The number of amides is 1. The van der Waals surface area contributed by atoms with Crippen molar-refractivity contribution in [3.05, 3.63) is 70.9 Å². The lowest BCUT2D eigenvalue weighted by Crippen LogP contribution is -2.29. The lowest BCUT2D eigenvalue weighted by Gasteiger charge is -2.25. The third-order valence-electron chi connectivity index (χ3n) is 7.13. The number of thiophene rings is 1. The van der Waals surface area contributed by atoms with E-state index in [-0.39, 0.29) is 11.5 Å². The third-order valence-corrected chi connectivity index (χ3v) is 8.13. The summed E-state index contributed by atoms with van der Waals surface area (Å²) in [7, 11) is 0. The molecule has 1 aliphatic carbocycles. The number of hydrazine groups is 1. The van der Waals surface area contributed by atoms with E-state index in [2.05, 4.69) is 25.4 Å². The highest BCUT2D eigenvalue weighted by molar-refractivity contribution is 7.17. The number of carbonyl (C=O) groups is 2. The quantitative estimate of drug-likeness (QED) is 0.233. The number of imidazole rings is 1. The minimum Gasteiger partial charge on any atom is -0.478 e. The lowest BCUT2D eigenvalue weighted by atomic mass is 9.94. The van der Waals surface area contributed by atoms with Crippen LogP contribution in [0.4, 0.5) is 5.82 Å². The van der Waals surface area contributed by atoms with Gasteiger partial charge in [-0.15, -0.1) is 11.3 Å². The molecule has 10 heteroatoms. The molecule has 3 N–H and O–H groups in total. The molecule has 38 heavy (non-hydrogen) atoms. The first-order valence-electron chi connectivity index (χ1n) is 12.6. The summed E-state index contributed by atoms with van der Waals surface area (Å²) in [5, 5.41) is 12.4. The van der Waals surface area contributed by atoms with Crippen LogP contribution < -0.4 is 10.9 Å². The van der Waals surface area contributed by atoms with Gasteiger partial charge in [0.1, 0.15) is 17.0 Å². The zero-order valence-corrected chi connectivity index (χ0v) is 21.6. The fourth-order valence-corrected chi connectivity index (χ4v) is 6.10. The number of carboxylic acid groups (broad SMARTS) is 1. The van der Waals surface area contributed by atoms with Crippen LogP contribution in [0.5, 0.6) is 0 Å². The summed E-state index contributed by atoms with van der Waals surface area (Å²) >= 11 is 1.53. The smallest absolute Gasteiger partial charge is 0.335 e. The predicted molar refractivity (Wildman–Crippen MR) is 147 cm³/mol. The van der Waals surface area contributed by atoms with E-state index in [0.29, 0.717) is 22.9 Å². The average molecular weight is 527 g/mol. The summed E-state index contributed by atoms with van der Waals surface area (Å²) in [6.45, 7) is 1.98. The van der Waals surface area contributed by atoms with Crippen molar-refractivity contribution < 1.29 is 14.7 Å². The minimum atomic E-state index is -0.971. The van der Waals surface area contributed by atoms with E-state index in [9.17, 15) is 14.7 Å². The molecule has 0 aliphatic heterocycles. The molecule has 3 aromatic heterocycles. The summed E-state index contributed by atoms with van der Waals surface area (Å²) in [5.74, 6) is 0.0843. The topological polar surface area (TPSA) is 122 Å². The Morgan fingerprint density at radius 3 is 2.55 bits per heavy atom. The molecule has 0 atom stereocenters. The number of hydrogen-bond acceptors (Lipinski definition) is 7. The number of benzene rings is 2. The monoisotopic (exact) mass is 526 g/mol. The maximum atomic E-state index is 12.9. The fraction of sp³-hybridized carbons (Fsp3) is 0.250. The molecule has 0 spiro atoms. The van der Waals surface area contributed by atoms with Crippen molar-refractivity contribution in [2.75, 3.05) is 5.43 Å². The van der Waals surface area contributed by atoms with Crippen molar-refractivity contribution in [1.82, 2.24) is 24.9 Å². The predicted octanol–water partition coefficient (Wildman–Crippen LogP) is 5.98. The Balaban J connectivity index is 1.28. The summed E-state index contributed by atoms with van der Waals surface area (Å²) in [5.41, 5.74) is 9.89. The number of aromatic nitrogens is 4. The van der Waals surface area contributed by atoms with Gasteiger partial charge >= 0.3 is 5.97 Å². The van der Waals surface area contributed by atoms with E-state index in [0.717, 1.165) is 58.4 Å². The number of nitrogens with one attached hydrogen (secondary N) is 2. The zero-order chi connectivity index (χ0) is 26.2. The van der Waals surface area contributed by atoms with Crippen molar-refractivity contribution in [2.45, 2.75) is 45.1 Å². The number of nitrogens with zero attached hydrogens (tertiary/aromatic N) is 4. The summed E-state index contributed by atoms with van der Waals surface area (Å²) < 4.78 is 2.25. The van der Waals surface area contributed by atoms with Gasteiger partial charge in [-0.05, 0) is 61.0 Å². The largest absolute Gasteiger partial charge is 0.478 e. The van der Waals surface area contributed by atoms with Crippen molar-refractivity contribution in [3.8, 4) is 11.4 Å². The van der Waals surface area contributed by atoms with Crippen molar-refractivity contribution in [2.24, 2.45) is 0 Å². The Bertz CT molecular complexity index is 1670. The normalized spacial score (nSPS) is 14.1. The molecule has 1 saturated carbocycles. The standard InChI is InChI=1S/C28H26N6O3S/c1-16-14-38-27-23(16)24(29-15-30-27)32-33-26(35)18-9-7-17(8-10-18)25-31-21-13-19(28(36)37)11-12-22(21)34(25)20-5-3-2-4-6-20/h7-15,20H,2-6H2,1H3,(H,33,35)(H,36,37)(H,29,30,32). The second-order valence-electron chi connectivity index (χ2n) is 9.58. The average Bonchev–Trinajstić information content (AvgIpc) is 3.53. The molecule has 3 heterocycles. The Morgan fingerprint density at radius 1 is 1.03 bits per heavy atom. The van der Waals surface area contributed by atoms with Gasteiger partial charge in [0.05, 0.1) is 22.0 Å². The van der Waals surface area contributed by atoms with Gasteiger partial charge in [0.2, 0.25) is 0 Å². The molecule has 192 valence electrons. The van der Waals surface area contributed by atoms with Crippen LogP contribution in [0.25, 0.3) is 32.6 Å². The van der Waals surface area contributed by atoms with Crippen LogP contribution in [0, 0.1) is 6.92 Å². The molecule has 2 aromatic carbocycles. The number of fused-ring (bicyclic) bond motifs is 2. The zero-order valence-electron chi connectivity index (χ0n) is 20.8. The van der Waals surface area contributed by atoms with E-state index >= 15 is 0 Å². The molecule has 0 unspecified atom stereocenters. The molecular weight excluding hydrogens is 500 g/mol.